The fourth-order valence-corrected chi connectivity index (χ4v) is 3.82. The van der Waals surface area contributed by atoms with E-state index in [2.05, 4.69) is 47.7 Å². The van der Waals surface area contributed by atoms with Gasteiger partial charge in [0, 0.05) is 19.1 Å². The first-order chi connectivity index (χ1) is 13.9. The maximum Gasteiger partial charge on any atom is 0.256 e. The number of hydrogen-bond acceptors (Lipinski definition) is 6. The Labute approximate surface area is 170 Å². The molecule has 8 heteroatoms. The molecule has 152 valence electrons. The molecule has 0 unspecified atom stereocenters. The van der Waals surface area contributed by atoms with Crippen LogP contribution in [0, 0.1) is 0 Å². The fraction of sp³-hybridized carbons (Fsp3) is 0.429. The van der Waals surface area contributed by atoms with E-state index in [1.165, 1.54) is 0 Å². The molecule has 0 N–H and O–H groups in total. The highest BCUT2D eigenvalue weighted by Crippen LogP contribution is 2.29. The Morgan fingerprint density at radius 3 is 2.62 bits per heavy atom. The number of imidazole rings is 1. The van der Waals surface area contributed by atoms with Crippen molar-refractivity contribution in [3.8, 4) is 17.2 Å². The van der Waals surface area contributed by atoms with Crippen LogP contribution in [0.4, 0.5) is 0 Å². The summed E-state index contributed by atoms with van der Waals surface area (Å²) in [5, 5.41) is 4.18. The van der Waals surface area contributed by atoms with E-state index in [0.29, 0.717) is 48.1 Å². The van der Waals surface area contributed by atoms with Gasteiger partial charge in [-0.25, -0.2) is 4.98 Å². The highest BCUT2D eigenvalue weighted by atomic mass is 16.5. The van der Waals surface area contributed by atoms with Gasteiger partial charge in [-0.1, -0.05) is 17.3 Å². The molecule has 1 aliphatic rings. The van der Waals surface area contributed by atoms with Crippen LogP contribution < -0.4 is 0 Å². The van der Waals surface area contributed by atoms with Crippen LogP contribution in [0.5, 0.6) is 0 Å². The SMILES string of the molecule is CC(C)N(Cc1nc(-c2ncn3c2CN(C)C(=O)c2ccccc2-3)no1)C(C)C. The predicted molar refractivity (Wildman–Crippen MR) is 108 cm³/mol. The summed E-state index contributed by atoms with van der Waals surface area (Å²) in [5.74, 6) is 0.984. The largest absolute Gasteiger partial charge is 0.337 e. The fourth-order valence-electron chi connectivity index (χ4n) is 3.82. The Balaban J connectivity index is 1.71. The van der Waals surface area contributed by atoms with Crippen LogP contribution in [0.3, 0.4) is 0 Å². The molecule has 29 heavy (non-hydrogen) atoms. The number of amides is 1. The minimum atomic E-state index is -0.0199. The van der Waals surface area contributed by atoms with Gasteiger partial charge in [0.25, 0.3) is 5.91 Å². The molecule has 4 rings (SSSR count). The van der Waals surface area contributed by atoms with E-state index in [0.717, 1.165) is 11.4 Å². The average molecular weight is 394 g/mol. The van der Waals surface area contributed by atoms with E-state index in [4.69, 9.17) is 4.52 Å². The van der Waals surface area contributed by atoms with Crippen molar-refractivity contribution in [3.05, 3.63) is 47.7 Å². The van der Waals surface area contributed by atoms with Gasteiger partial charge in [0.1, 0.15) is 12.0 Å². The van der Waals surface area contributed by atoms with Gasteiger partial charge in [-0.15, -0.1) is 0 Å². The summed E-state index contributed by atoms with van der Waals surface area (Å²) < 4.78 is 7.47. The molecule has 0 fully saturated rings. The Hall–Kier alpha value is -3.00. The van der Waals surface area contributed by atoms with Crippen molar-refractivity contribution in [2.75, 3.05) is 7.05 Å². The van der Waals surface area contributed by atoms with Gasteiger partial charge >= 0.3 is 0 Å². The highest BCUT2D eigenvalue weighted by molar-refractivity contribution is 5.98. The third-order valence-corrected chi connectivity index (χ3v) is 5.32. The third-order valence-electron chi connectivity index (χ3n) is 5.32. The molecule has 0 spiro atoms. The van der Waals surface area contributed by atoms with Gasteiger partial charge in [0.05, 0.1) is 30.0 Å². The van der Waals surface area contributed by atoms with Crippen molar-refractivity contribution in [2.45, 2.75) is 52.9 Å². The van der Waals surface area contributed by atoms with Crippen LogP contribution in [0.2, 0.25) is 0 Å². The minimum absolute atomic E-state index is 0.0199. The highest BCUT2D eigenvalue weighted by Gasteiger charge is 2.28. The van der Waals surface area contributed by atoms with Crippen LogP contribution >= 0.6 is 0 Å². The summed E-state index contributed by atoms with van der Waals surface area (Å²) in [6.07, 6.45) is 1.72. The first-order valence-electron chi connectivity index (χ1n) is 9.86. The lowest BCUT2D eigenvalue weighted by molar-refractivity contribution is 0.0788. The molecule has 0 bridgehead atoms. The third kappa shape index (κ3) is 3.44. The van der Waals surface area contributed by atoms with Gasteiger partial charge in [-0.2, -0.15) is 4.98 Å². The second-order valence-electron chi connectivity index (χ2n) is 7.96. The lowest BCUT2D eigenvalue weighted by Gasteiger charge is -2.28. The summed E-state index contributed by atoms with van der Waals surface area (Å²) in [4.78, 5) is 25.9. The van der Waals surface area contributed by atoms with Crippen molar-refractivity contribution in [1.82, 2.24) is 29.5 Å². The summed E-state index contributed by atoms with van der Waals surface area (Å²) in [7, 11) is 1.79. The monoisotopic (exact) mass is 394 g/mol. The molecule has 0 radical (unpaired) electrons. The first-order valence-corrected chi connectivity index (χ1v) is 9.86. The zero-order valence-corrected chi connectivity index (χ0v) is 17.5. The number of para-hydroxylation sites is 1. The molecule has 0 atom stereocenters. The molecule has 3 heterocycles. The summed E-state index contributed by atoms with van der Waals surface area (Å²) in [5.41, 5.74) is 2.96. The molecule has 1 aromatic carbocycles. The van der Waals surface area contributed by atoms with Crippen LogP contribution in [0.15, 0.2) is 35.1 Å². The van der Waals surface area contributed by atoms with E-state index >= 15 is 0 Å². The zero-order chi connectivity index (χ0) is 20.7. The molecule has 0 saturated carbocycles. The smallest absolute Gasteiger partial charge is 0.256 e. The number of carbonyl (C=O) groups is 1. The van der Waals surface area contributed by atoms with Crippen molar-refractivity contribution in [2.24, 2.45) is 0 Å². The van der Waals surface area contributed by atoms with Crippen LogP contribution in [-0.4, -0.2) is 54.5 Å². The quantitative estimate of drug-likeness (QED) is 0.661. The van der Waals surface area contributed by atoms with Crippen LogP contribution in [0.1, 0.15) is 49.6 Å². The van der Waals surface area contributed by atoms with E-state index < -0.39 is 0 Å². The summed E-state index contributed by atoms with van der Waals surface area (Å²) in [6.45, 7) is 9.60. The molecule has 1 aliphatic heterocycles. The van der Waals surface area contributed by atoms with E-state index in [-0.39, 0.29) is 5.91 Å². The number of hydrogen-bond donors (Lipinski definition) is 0. The molecule has 2 aromatic heterocycles. The number of aromatic nitrogens is 4. The molecular formula is C21H26N6O2. The average Bonchev–Trinajstić information content (AvgIpc) is 3.29. The number of nitrogens with zero attached hydrogens (tertiary/aromatic N) is 6. The van der Waals surface area contributed by atoms with Gasteiger partial charge in [0.2, 0.25) is 11.7 Å². The minimum Gasteiger partial charge on any atom is -0.337 e. The zero-order valence-electron chi connectivity index (χ0n) is 17.5. The number of rotatable bonds is 5. The first kappa shape index (κ1) is 19.3. The topological polar surface area (TPSA) is 80.3 Å². The van der Waals surface area contributed by atoms with E-state index in [1.807, 2.05) is 28.8 Å². The number of carbonyl (C=O) groups excluding carboxylic acids is 1. The summed E-state index contributed by atoms with van der Waals surface area (Å²) >= 11 is 0. The normalized spacial score (nSPS) is 13.9. The van der Waals surface area contributed by atoms with Crippen molar-refractivity contribution in [1.29, 1.82) is 0 Å². The molecule has 3 aromatic rings. The number of benzene rings is 1. The number of fused-ring (bicyclic) bond motifs is 3. The second kappa shape index (κ2) is 7.44. The van der Waals surface area contributed by atoms with E-state index in [1.54, 1.807) is 18.3 Å². The Morgan fingerprint density at radius 1 is 1.17 bits per heavy atom. The molecule has 1 amide bonds. The Kier molecular flexibility index (Phi) is 4.96. The lowest BCUT2D eigenvalue weighted by atomic mass is 10.1. The maximum atomic E-state index is 12.7. The van der Waals surface area contributed by atoms with Crippen molar-refractivity contribution < 1.29 is 9.32 Å². The van der Waals surface area contributed by atoms with Crippen LogP contribution in [-0.2, 0) is 13.1 Å². The molecule has 0 saturated heterocycles. The van der Waals surface area contributed by atoms with Gasteiger partial charge < -0.3 is 9.42 Å². The van der Waals surface area contributed by atoms with Gasteiger partial charge in [-0.05, 0) is 39.8 Å². The Bertz CT molecular complexity index is 1030. The summed E-state index contributed by atoms with van der Waals surface area (Å²) in [6, 6.07) is 8.28. The molecular weight excluding hydrogens is 368 g/mol. The van der Waals surface area contributed by atoms with Crippen molar-refractivity contribution in [3.63, 3.8) is 0 Å². The van der Waals surface area contributed by atoms with Gasteiger partial charge in [-0.3, -0.25) is 14.3 Å². The van der Waals surface area contributed by atoms with Crippen molar-refractivity contribution >= 4 is 5.91 Å². The van der Waals surface area contributed by atoms with Gasteiger partial charge in [0.15, 0.2) is 0 Å². The predicted octanol–water partition coefficient (Wildman–Crippen LogP) is 3.13. The second-order valence-corrected chi connectivity index (χ2v) is 7.96. The standard InChI is InChI=1S/C21H26N6O2/c1-13(2)26(14(3)4)11-18-23-20(24-29-18)19-17-10-25(5)21(28)15-8-6-7-9-16(15)27(17)12-22-19/h6-9,12-14H,10-11H2,1-5H3. The Morgan fingerprint density at radius 2 is 1.90 bits per heavy atom. The molecule has 8 nitrogen and oxygen atoms in total. The van der Waals surface area contributed by atoms with E-state index in [9.17, 15) is 4.79 Å². The van der Waals surface area contributed by atoms with Crippen LogP contribution in [0.25, 0.3) is 17.2 Å². The maximum absolute atomic E-state index is 12.7. The molecule has 0 aliphatic carbocycles. The lowest BCUT2D eigenvalue weighted by Crippen LogP contribution is -2.36.